The average Bonchev–Trinajstić information content (AvgIpc) is 2.50. The summed E-state index contributed by atoms with van der Waals surface area (Å²) in [5.41, 5.74) is 0.221. The Morgan fingerprint density at radius 2 is 2.15 bits per heavy atom. The van der Waals surface area contributed by atoms with Crippen molar-refractivity contribution < 1.29 is 0 Å². The van der Waals surface area contributed by atoms with Crippen LogP contribution in [0.25, 0.3) is 0 Å². The van der Waals surface area contributed by atoms with E-state index < -0.39 is 0 Å². The first-order chi connectivity index (χ1) is 6.00. The molecule has 1 unspecified atom stereocenters. The predicted molar refractivity (Wildman–Crippen MR) is 61.7 cm³/mol. The van der Waals surface area contributed by atoms with Gasteiger partial charge in [0.2, 0.25) is 0 Å². The van der Waals surface area contributed by atoms with Gasteiger partial charge in [-0.15, -0.1) is 22.9 Å². The number of hydrogen-bond acceptors (Lipinski definition) is 1. The molecule has 13 heavy (non-hydrogen) atoms. The molecule has 0 saturated heterocycles. The Bertz CT molecular complexity index is 233. The van der Waals surface area contributed by atoms with E-state index in [-0.39, 0.29) is 10.8 Å². The summed E-state index contributed by atoms with van der Waals surface area (Å²) in [7, 11) is 0. The fraction of sp³-hybridized carbons (Fsp3) is 0.636. The standard InChI is InChI=1S/C11H17ClS/c1-11(2,3)10(12)7-6-9-5-4-8-13-9/h4-5,8,10H,6-7H2,1-3H3. The van der Waals surface area contributed by atoms with Crippen LogP contribution in [-0.4, -0.2) is 5.38 Å². The zero-order chi connectivity index (χ0) is 9.90. The molecule has 0 bridgehead atoms. The highest BCUT2D eigenvalue weighted by atomic mass is 35.5. The zero-order valence-electron chi connectivity index (χ0n) is 8.51. The molecule has 0 N–H and O–H groups in total. The third-order valence-corrected chi connectivity index (χ3v) is 3.97. The minimum Gasteiger partial charge on any atom is -0.149 e. The minimum absolute atomic E-state index is 0.221. The number of hydrogen-bond donors (Lipinski definition) is 0. The Labute approximate surface area is 89.9 Å². The van der Waals surface area contributed by atoms with Crippen LogP contribution in [0.1, 0.15) is 32.1 Å². The number of rotatable bonds is 3. The van der Waals surface area contributed by atoms with Crippen molar-refractivity contribution in [1.82, 2.24) is 0 Å². The van der Waals surface area contributed by atoms with Crippen molar-refractivity contribution in [2.24, 2.45) is 5.41 Å². The van der Waals surface area contributed by atoms with Crippen molar-refractivity contribution in [2.75, 3.05) is 0 Å². The van der Waals surface area contributed by atoms with E-state index in [1.54, 1.807) is 0 Å². The van der Waals surface area contributed by atoms with Crippen LogP contribution in [-0.2, 0) is 6.42 Å². The van der Waals surface area contributed by atoms with Crippen molar-refractivity contribution in [3.8, 4) is 0 Å². The van der Waals surface area contributed by atoms with Crippen molar-refractivity contribution in [3.63, 3.8) is 0 Å². The molecule has 0 saturated carbocycles. The molecule has 0 spiro atoms. The molecule has 0 radical (unpaired) electrons. The van der Waals surface area contributed by atoms with Gasteiger partial charge in [0.15, 0.2) is 0 Å². The SMILES string of the molecule is CC(C)(C)C(Cl)CCc1cccs1. The molecule has 1 aromatic heterocycles. The summed E-state index contributed by atoms with van der Waals surface area (Å²) >= 11 is 8.10. The van der Waals surface area contributed by atoms with Gasteiger partial charge in [-0.1, -0.05) is 26.8 Å². The molecular weight excluding hydrogens is 200 g/mol. The second-order valence-corrected chi connectivity index (χ2v) is 6.01. The lowest BCUT2D eigenvalue weighted by molar-refractivity contribution is 0.374. The van der Waals surface area contributed by atoms with E-state index in [2.05, 4.69) is 38.3 Å². The third-order valence-electron chi connectivity index (χ3n) is 2.16. The van der Waals surface area contributed by atoms with Gasteiger partial charge in [-0.05, 0) is 29.7 Å². The van der Waals surface area contributed by atoms with E-state index in [0.29, 0.717) is 0 Å². The molecule has 0 nitrogen and oxygen atoms in total. The van der Waals surface area contributed by atoms with E-state index in [4.69, 9.17) is 11.6 Å². The second kappa shape index (κ2) is 4.47. The molecule has 0 aromatic carbocycles. The van der Waals surface area contributed by atoms with Crippen molar-refractivity contribution in [2.45, 2.75) is 39.0 Å². The van der Waals surface area contributed by atoms with Crippen LogP contribution < -0.4 is 0 Å². The van der Waals surface area contributed by atoms with E-state index in [9.17, 15) is 0 Å². The number of thiophene rings is 1. The van der Waals surface area contributed by atoms with E-state index in [1.165, 1.54) is 4.88 Å². The first-order valence-electron chi connectivity index (χ1n) is 4.66. The number of halogens is 1. The fourth-order valence-electron chi connectivity index (χ4n) is 1.16. The van der Waals surface area contributed by atoms with Gasteiger partial charge in [0, 0.05) is 10.3 Å². The van der Waals surface area contributed by atoms with Gasteiger partial charge in [-0.25, -0.2) is 0 Å². The van der Waals surface area contributed by atoms with Gasteiger partial charge < -0.3 is 0 Å². The molecule has 1 atom stereocenters. The molecule has 1 rings (SSSR count). The predicted octanol–water partition coefficient (Wildman–Crippen LogP) is 4.33. The van der Waals surface area contributed by atoms with E-state index in [1.807, 2.05) is 11.3 Å². The lowest BCUT2D eigenvalue weighted by Crippen LogP contribution is -2.20. The highest BCUT2D eigenvalue weighted by Gasteiger charge is 2.21. The lowest BCUT2D eigenvalue weighted by Gasteiger charge is -2.24. The van der Waals surface area contributed by atoms with Gasteiger partial charge in [0.1, 0.15) is 0 Å². The monoisotopic (exact) mass is 216 g/mol. The Morgan fingerprint density at radius 1 is 1.46 bits per heavy atom. The van der Waals surface area contributed by atoms with Crippen LogP contribution in [0.5, 0.6) is 0 Å². The number of aryl methyl sites for hydroxylation is 1. The molecule has 2 heteroatoms. The topological polar surface area (TPSA) is 0 Å². The lowest BCUT2D eigenvalue weighted by atomic mass is 9.89. The number of alkyl halides is 1. The first kappa shape index (κ1) is 11.1. The van der Waals surface area contributed by atoms with Crippen LogP contribution in [0, 0.1) is 5.41 Å². The average molecular weight is 217 g/mol. The van der Waals surface area contributed by atoms with Crippen LogP contribution >= 0.6 is 22.9 Å². The highest BCUT2D eigenvalue weighted by Crippen LogP contribution is 2.28. The van der Waals surface area contributed by atoms with Crippen LogP contribution in [0.3, 0.4) is 0 Å². The molecule has 0 aliphatic rings. The molecule has 74 valence electrons. The molecular formula is C11H17ClS. The molecule has 0 amide bonds. The quantitative estimate of drug-likeness (QED) is 0.660. The van der Waals surface area contributed by atoms with Crippen LogP contribution in [0.4, 0.5) is 0 Å². The maximum Gasteiger partial charge on any atom is 0.0387 e. The Morgan fingerprint density at radius 3 is 2.62 bits per heavy atom. The Balaban J connectivity index is 2.35. The summed E-state index contributed by atoms with van der Waals surface area (Å²) in [6.07, 6.45) is 2.19. The summed E-state index contributed by atoms with van der Waals surface area (Å²) in [6.45, 7) is 6.58. The van der Waals surface area contributed by atoms with Gasteiger partial charge in [0.25, 0.3) is 0 Å². The third kappa shape index (κ3) is 3.70. The van der Waals surface area contributed by atoms with Crippen molar-refractivity contribution >= 4 is 22.9 Å². The van der Waals surface area contributed by atoms with Gasteiger partial charge in [0.05, 0.1) is 0 Å². The zero-order valence-corrected chi connectivity index (χ0v) is 10.1. The van der Waals surface area contributed by atoms with Crippen molar-refractivity contribution in [1.29, 1.82) is 0 Å². The fourth-order valence-corrected chi connectivity index (χ4v) is 1.99. The maximum atomic E-state index is 6.28. The van der Waals surface area contributed by atoms with Gasteiger partial charge >= 0.3 is 0 Å². The van der Waals surface area contributed by atoms with E-state index in [0.717, 1.165) is 12.8 Å². The molecule has 1 aromatic rings. The maximum absolute atomic E-state index is 6.28. The molecule has 1 heterocycles. The largest absolute Gasteiger partial charge is 0.149 e. The molecule has 0 aliphatic heterocycles. The molecule has 0 aliphatic carbocycles. The molecule has 0 fully saturated rings. The van der Waals surface area contributed by atoms with Crippen LogP contribution in [0.15, 0.2) is 17.5 Å². The minimum atomic E-state index is 0.221. The van der Waals surface area contributed by atoms with Crippen LogP contribution in [0.2, 0.25) is 0 Å². The van der Waals surface area contributed by atoms with E-state index >= 15 is 0 Å². The Kier molecular flexibility index (Phi) is 3.81. The smallest absolute Gasteiger partial charge is 0.0387 e. The highest BCUT2D eigenvalue weighted by molar-refractivity contribution is 7.09. The first-order valence-corrected chi connectivity index (χ1v) is 5.98. The summed E-state index contributed by atoms with van der Waals surface area (Å²) in [5.74, 6) is 0. The van der Waals surface area contributed by atoms with Gasteiger partial charge in [-0.2, -0.15) is 0 Å². The summed E-state index contributed by atoms with van der Waals surface area (Å²) in [5, 5.41) is 2.39. The van der Waals surface area contributed by atoms with Gasteiger partial charge in [-0.3, -0.25) is 0 Å². The summed E-state index contributed by atoms with van der Waals surface area (Å²) < 4.78 is 0. The second-order valence-electron chi connectivity index (χ2n) is 4.45. The van der Waals surface area contributed by atoms with Crippen molar-refractivity contribution in [3.05, 3.63) is 22.4 Å². The normalized spacial score (nSPS) is 14.5. The summed E-state index contributed by atoms with van der Waals surface area (Å²) in [6, 6.07) is 4.28. The summed E-state index contributed by atoms with van der Waals surface area (Å²) in [4.78, 5) is 1.44. The Hall–Kier alpha value is -0.0100.